The lowest BCUT2D eigenvalue weighted by Gasteiger charge is -2.33. The summed E-state index contributed by atoms with van der Waals surface area (Å²) in [6.45, 7) is 14.2. The number of ether oxygens (including phenoxy) is 1. The Balaban J connectivity index is 3.32. The van der Waals surface area contributed by atoms with E-state index in [2.05, 4.69) is 10.6 Å². The van der Waals surface area contributed by atoms with Crippen molar-refractivity contribution in [2.75, 3.05) is 6.54 Å². The van der Waals surface area contributed by atoms with Gasteiger partial charge in [-0.2, -0.15) is 5.26 Å². The Morgan fingerprint density at radius 3 is 2.27 bits per heavy atom. The smallest absolute Gasteiger partial charge is 0.408 e. The first-order chi connectivity index (χ1) is 15.3. The standard InChI is InChI=1S/C25H38N4O4/c1-9-10-18(4)27-22(30)21(20-12-11-16(2)17(3)15-20)29(14-13-26)23(31)19(5)28-24(32)33-25(6,7)8/h11-12,15,18-19,21H,9-10,14H2,1-8H3,(H,27,30)(H,28,32). The molecule has 0 aliphatic rings. The first-order valence-corrected chi connectivity index (χ1v) is 11.3. The number of hydrogen-bond acceptors (Lipinski definition) is 5. The normalized spacial score (nSPS) is 13.8. The molecular formula is C25H38N4O4. The summed E-state index contributed by atoms with van der Waals surface area (Å²) in [5.41, 5.74) is 1.90. The molecule has 0 radical (unpaired) electrons. The Hall–Kier alpha value is -3.08. The van der Waals surface area contributed by atoms with Crippen molar-refractivity contribution in [3.63, 3.8) is 0 Å². The number of aryl methyl sites for hydroxylation is 2. The molecule has 0 fully saturated rings. The first kappa shape index (κ1) is 28.0. The zero-order chi connectivity index (χ0) is 25.3. The van der Waals surface area contributed by atoms with E-state index in [4.69, 9.17) is 4.74 Å². The Kier molecular flexibility index (Phi) is 10.4. The van der Waals surface area contributed by atoms with Gasteiger partial charge in [0, 0.05) is 6.04 Å². The van der Waals surface area contributed by atoms with Gasteiger partial charge in [0.1, 0.15) is 24.2 Å². The molecule has 0 saturated carbocycles. The predicted molar refractivity (Wildman–Crippen MR) is 127 cm³/mol. The van der Waals surface area contributed by atoms with Gasteiger partial charge in [-0.1, -0.05) is 31.5 Å². The van der Waals surface area contributed by atoms with Gasteiger partial charge in [0.15, 0.2) is 0 Å². The number of nitriles is 1. The molecule has 8 heteroatoms. The molecule has 0 aromatic heterocycles. The van der Waals surface area contributed by atoms with Gasteiger partial charge in [-0.3, -0.25) is 9.59 Å². The average Bonchev–Trinajstić information content (AvgIpc) is 2.68. The van der Waals surface area contributed by atoms with Gasteiger partial charge in [-0.05, 0) is 71.6 Å². The highest BCUT2D eigenvalue weighted by Gasteiger charge is 2.35. The number of amides is 3. The van der Waals surface area contributed by atoms with Crippen LogP contribution >= 0.6 is 0 Å². The molecule has 0 heterocycles. The molecule has 3 atom stereocenters. The van der Waals surface area contributed by atoms with Crippen molar-refractivity contribution in [3.8, 4) is 6.07 Å². The molecule has 1 aromatic carbocycles. The number of hydrogen-bond donors (Lipinski definition) is 2. The molecule has 0 aliphatic heterocycles. The third kappa shape index (κ3) is 8.76. The van der Waals surface area contributed by atoms with Gasteiger partial charge in [0.05, 0.1) is 6.07 Å². The number of nitrogens with zero attached hydrogens (tertiary/aromatic N) is 2. The predicted octanol–water partition coefficient (Wildman–Crippen LogP) is 3.91. The van der Waals surface area contributed by atoms with Crippen molar-refractivity contribution in [1.82, 2.24) is 15.5 Å². The summed E-state index contributed by atoms with van der Waals surface area (Å²) in [6, 6.07) is 5.42. The van der Waals surface area contributed by atoms with Crippen LogP contribution in [0.3, 0.4) is 0 Å². The highest BCUT2D eigenvalue weighted by Crippen LogP contribution is 2.25. The maximum absolute atomic E-state index is 13.4. The molecule has 3 unspecified atom stereocenters. The Morgan fingerprint density at radius 1 is 1.12 bits per heavy atom. The second-order valence-corrected chi connectivity index (χ2v) is 9.44. The fraction of sp³-hybridized carbons (Fsp3) is 0.600. The number of nitrogens with one attached hydrogen (secondary N) is 2. The van der Waals surface area contributed by atoms with E-state index in [1.807, 2.05) is 45.9 Å². The summed E-state index contributed by atoms with van der Waals surface area (Å²) in [6.07, 6.45) is 0.936. The van der Waals surface area contributed by atoms with Crippen LogP contribution in [0.4, 0.5) is 4.79 Å². The average molecular weight is 459 g/mol. The molecule has 33 heavy (non-hydrogen) atoms. The lowest BCUT2D eigenvalue weighted by molar-refractivity contribution is -0.141. The summed E-state index contributed by atoms with van der Waals surface area (Å²) in [4.78, 5) is 40.1. The third-order valence-electron chi connectivity index (χ3n) is 5.14. The summed E-state index contributed by atoms with van der Waals surface area (Å²) in [5.74, 6) is -0.920. The topological polar surface area (TPSA) is 112 Å². The van der Waals surface area contributed by atoms with Crippen molar-refractivity contribution < 1.29 is 19.1 Å². The third-order valence-corrected chi connectivity index (χ3v) is 5.14. The molecule has 0 saturated heterocycles. The van der Waals surface area contributed by atoms with E-state index < -0.39 is 29.7 Å². The van der Waals surface area contributed by atoms with Crippen LogP contribution in [0.1, 0.15) is 77.1 Å². The van der Waals surface area contributed by atoms with E-state index in [1.54, 1.807) is 26.8 Å². The van der Waals surface area contributed by atoms with E-state index in [0.717, 1.165) is 24.0 Å². The summed E-state index contributed by atoms with van der Waals surface area (Å²) in [7, 11) is 0. The molecule has 0 spiro atoms. The van der Waals surface area contributed by atoms with Crippen molar-refractivity contribution >= 4 is 17.9 Å². The molecule has 0 bridgehead atoms. The van der Waals surface area contributed by atoms with Gasteiger partial charge >= 0.3 is 6.09 Å². The number of carbonyl (C=O) groups excluding carboxylic acids is 3. The van der Waals surface area contributed by atoms with Crippen molar-refractivity contribution in [2.45, 2.75) is 92.0 Å². The Bertz CT molecular complexity index is 885. The van der Waals surface area contributed by atoms with Crippen molar-refractivity contribution in [2.24, 2.45) is 0 Å². The quantitative estimate of drug-likeness (QED) is 0.545. The summed E-state index contributed by atoms with van der Waals surface area (Å²) >= 11 is 0. The van der Waals surface area contributed by atoms with Gasteiger partial charge in [-0.15, -0.1) is 0 Å². The van der Waals surface area contributed by atoms with Crippen LogP contribution in [0, 0.1) is 25.2 Å². The second kappa shape index (κ2) is 12.2. The van der Waals surface area contributed by atoms with E-state index in [0.29, 0.717) is 5.56 Å². The van der Waals surface area contributed by atoms with Crippen LogP contribution in [0.2, 0.25) is 0 Å². The SMILES string of the molecule is CCCC(C)NC(=O)C(c1ccc(C)c(C)c1)N(CC#N)C(=O)C(C)NC(=O)OC(C)(C)C. The summed E-state index contributed by atoms with van der Waals surface area (Å²) < 4.78 is 5.23. The van der Waals surface area contributed by atoms with Crippen molar-refractivity contribution in [1.29, 1.82) is 5.26 Å². The Morgan fingerprint density at radius 2 is 1.76 bits per heavy atom. The fourth-order valence-corrected chi connectivity index (χ4v) is 3.40. The molecule has 182 valence electrons. The van der Waals surface area contributed by atoms with Crippen LogP contribution in [0.25, 0.3) is 0 Å². The zero-order valence-corrected chi connectivity index (χ0v) is 21.1. The number of benzene rings is 1. The highest BCUT2D eigenvalue weighted by molar-refractivity contribution is 5.92. The van der Waals surface area contributed by atoms with E-state index in [1.165, 1.54) is 11.8 Å². The molecule has 2 N–H and O–H groups in total. The molecule has 3 amide bonds. The number of alkyl carbamates (subject to hydrolysis) is 1. The lowest BCUT2D eigenvalue weighted by atomic mass is 9.98. The molecular weight excluding hydrogens is 420 g/mol. The van der Waals surface area contributed by atoms with E-state index in [-0.39, 0.29) is 18.5 Å². The van der Waals surface area contributed by atoms with Gasteiger partial charge in [-0.25, -0.2) is 4.79 Å². The van der Waals surface area contributed by atoms with Crippen LogP contribution < -0.4 is 10.6 Å². The number of carbonyl (C=O) groups is 3. The molecule has 0 aliphatic carbocycles. The molecule has 1 rings (SSSR count). The van der Waals surface area contributed by atoms with Crippen LogP contribution in [0.5, 0.6) is 0 Å². The molecule has 8 nitrogen and oxygen atoms in total. The molecule has 1 aromatic rings. The van der Waals surface area contributed by atoms with E-state index in [9.17, 15) is 19.6 Å². The van der Waals surface area contributed by atoms with Crippen molar-refractivity contribution in [3.05, 3.63) is 34.9 Å². The maximum Gasteiger partial charge on any atom is 0.408 e. The minimum atomic E-state index is -1.02. The fourth-order valence-electron chi connectivity index (χ4n) is 3.40. The zero-order valence-electron chi connectivity index (χ0n) is 21.1. The second-order valence-electron chi connectivity index (χ2n) is 9.44. The summed E-state index contributed by atoms with van der Waals surface area (Å²) in [5, 5.41) is 14.9. The van der Waals surface area contributed by atoms with Gasteiger partial charge in [0.25, 0.3) is 0 Å². The Labute approximate surface area is 197 Å². The minimum Gasteiger partial charge on any atom is -0.444 e. The van der Waals surface area contributed by atoms with Crippen LogP contribution in [-0.4, -0.2) is 47.0 Å². The maximum atomic E-state index is 13.4. The number of rotatable bonds is 9. The highest BCUT2D eigenvalue weighted by atomic mass is 16.6. The first-order valence-electron chi connectivity index (χ1n) is 11.3. The van der Waals surface area contributed by atoms with Gasteiger partial charge in [0.2, 0.25) is 11.8 Å². The monoisotopic (exact) mass is 458 g/mol. The van der Waals surface area contributed by atoms with E-state index >= 15 is 0 Å². The largest absolute Gasteiger partial charge is 0.444 e. The van der Waals surface area contributed by atoms with Crippen LogP contribution in [-0.2, 0) is 14.3 Å². The lowest BCUT2D eigenvalue weighted by Crippen LogP contribution is -2.52. The minimum absolute atomic E-state index is 0.0899. The van der Waals surface area contributed by atoms with Crippen LogP contribution in [0.15, 0.2) is 18.2 Å². The van der Waals surface area contributed by atoms with Gasteiger partial charge < -0.3 is 20.3 Å².